The van der Waals surface area contributed by atoms with Crippen LogP contribution in [0, 0.1) is 17.5 Å². The highest BCUT2D eigenvalue weighted by atomic mass is 19.2. The van der Waals surface area contributed by atoms with Crippen molar-refractivity contribution in [3.63, 3.8) is 0 Å². The zero-order valence-electron chi connectivity index (χ0n) is 15.9. The van der Waals surface area contributed by atoms with E-state index in [1.807, 2.05) is 0 Å². The normalized spacial score (nSPS) is 10.8. The van der Waals surface area contributed by atoms with E-state index in [9.17, 15) is 27.6 Å². The van der Waals surface area contributed by atoms with E-state index >= 15 is 0 Å². The first-order chi connectivity index (χ1) is 14.3. The van der Waals surface area contributed by atoms with Gasteiger partial charge < -0.3 is 14.6 Å². The predicted molar refractivity (Wildman–Crippen MR) is 104 cm³/mol. The number of nitrogens with one attached hydrogen (secondary N) is 1. The predicted octanol–water partition coefficient (Wildman–Crippen LogP) is 3.70. The summed E-state index contributed by atoms with van der Waals surface area (Å²) < 4.78 is 45.3. The van der Waals surface area contributed by atoms with Crippen LogP contribution in [0.2, 0.25) is 0 Å². The van der Waals surface area contributed by atoms with Crippen molar-refractivity contribution in [2.45, 2.75) is 13.3 Å². The summed E-state index contributed by atoms with van der Waals surface area (Å²) in [6.07, 6.45) is 0.470. The van der Waals surface area contributed by atoms with E-state index in [1.54, 1.807) is 31.2 Å². The van der Waals surface area contributed by atoms with Gasteiger partial charge in [-0.2, -0.15) is 0 Å². The van der Waals surface area contributed by atoms with Gasteiger partial charge in [0.15, 0.2) is 17.5 Å². The quantitative estimate of drug-likeness (QED) is 0.489. The van der Waals surface area contributed by atoms with Crippen molar-refractivity contribution in [2.75, 3.05) is 18.4 Å². The second-order valence-corrected chi connectivity index (χ2v) is 6.48. The number of nitrogens with zero attached hydrogens (tertiary/aromatic N) is 1. The largest absolute Gasteiger partial charge is 0.422 e. The zero-order chi connectivity index (χ0) is 21.8. The second-order valence-electron chi connectivity index (χ2n) is 6.48. The number of hydrogen-bond donors (Lipinski definition) is 1. The van der Waals surface area contributed by atoms with Crippen molar-refractivity contribution >= 4 is 28.5 Å². The van der Waals surface area contributed by atoms with Crippen LogP contribution in [0.1, 0.15) is 23.7 Å². The van der Waals surface area contributed by atoms with Crippen LogP contribution >= 0.6 is 0 Å². The van der Waals surface area contributed by atoms with E-state index < -0.39 is 47.1 Å². The van der Waals surface area contributed by atoms with Crippen LogP contribution in [0.3, 0.4) is 0 Å². The van der Waals surface area contributed by atoms with Gasteiger partial charge in [-0.25, -0.2) is 18.0 Å². The molecule has 0 spiro atoms. The molecule has 0 bridgehead atoms. The number of fused-ring (bicyclic) bond motifs is 1. The van der Waals surface area contributed by atoms with Crippen molar-refractivity contribution in [3.8, 4) is 0 Å². The van der Waals surface area contributed by atoms with Crippen LogP contribution in [0.4, 0.5) is 18.9 Å². The summed E-state index contributed by atoms with van der Waals surface area (Å²) in [6.45, 7) is 1.35. The number of anilines is 1. The van der Waals surface area contributed by atoms with Gasteiger partial charge in [0.1, 0.15) is 17.7 Å². The van der Waals surface area contributed by atoms with Crippen LogP contribution < -0.4 is 10.9 Å². The minimum atomic E-state index is -1.72. The third-order valence-electron chi connectivity index (χ3n) is 4.30. The number of halogens is 3. The Bertz CT molecular complexity index is 1180. The maximum atomic E-state index is 13.8. The van der Waals surface area contributed by atoms with Gasteiger partial charge in [0.05, 0.1) is 5.69 Å². The van der Waals surface area contributed by atoms with E-state index in [1.165, 1.54) is 6.07 Å². The number of carbonyl (C=O) groups is 2. The first-order valence-corrected chi connectivity index (χ1v) is 9.07. The lowest BCUT2D eigenvalue weighted by Gasteiger charge is -2.21. The zero-order valence-corrected chi connectivity index (χ0v) is 15.9. The van der Waals surface area contributed by atoms with Gasteiger partial charge in [-0.3, -0.25) is 9.59 Å². The number of rotatable bonds is 6. The molecule has 2 amide bonds. The summed E-state index contributed by atoms with van der Waals surface area (Å²) in [6, 6.07) is 9.55. The third kappa shape index (κ3) is 4.35. The van der Waals surface area contributed by atoms with E-state index in [0.717, 1.165) is 11.0 Å². The number of amides is 2. The summed E-state index contributed by atoms with van der Waals surface area (Å²) in [5, 5.41) is 2.63. The molecule has 0 fully saturated rings. The summed E-state index contributed by atoms with van der Waals surface area (Å²) in [5.41, 5.74) is -1.36. The highest BCUT2D eigenvalue weighted by Gasteiger charge is 2.23. The lowest BCUT2D eigenvalue weighted by Crippen LogP contribution is -2.40. The fraction of sp³-hybridized carbons (Fsp3) is 0.190. The fourth-order valence-corrected chi connectivity index (χ4v) is 2.89. The molecule has 6 nitrogen and oxygen atoms in total. The number of carbonyl (C=O) groups excluding carboxylic acids is 2. The van der Waals surface area contributed by atoms with Crippen molar-refractivity contribution in [3.05, 3.63) is 75.9 Å². The molecule has 0 atom stereocenters. The van der Waals surface area contributed by atoms with Gasteiger partial charge in [0.2, 0.25) is 5.91 Å². The monoisotopic (exact) mass is 418 g/mol. The standard InChI is InChI=1S/C21H17F3N2O4/c1-2-9-26(11-17(27)25-15-8-7-14(22)18(23)19(15)24)20(28)13-10-12-5-3-4-6-16(12)30-21(13)29/h3-8,10H,2,9,11H2,1H3,(H,25,27). The average Bonchev–Trinajstić information content (AvgIpc) is 2.73. The van der Waals surface area contributed by atoms with Gasteiger partial charge in [-0.15, -0.1) is 0 Å². The Morgan fingerprint density at radius 1 is 1.07 bits per heavy atom. The van der Waals surface area contributed by atoms with E-state index in [0.29, 0.717) is 23.5 Å². The minimum Gasteiger partial charge on any atom is -0.422 e. The van der Waals surface area contributed by atoms with Gasteiger partial charge >= 0.3 is 5.63 Å². The number of hydrogen-bond acceptors (Lipinski definition) is 4. The lowest BCUT2D eigenvalue weighted by atomic mass is 10.1. The highest BCUT2D eigenvalue weighted by molar-refractivity contribution is 6.00. The molecule has 3 aromatic rings. The smallest absolute Gasteiger partial charge is 0.349 e. The summed E-state index contributed by atoms with van der Waals surface area (Å²) >= 11 is 0. The number of para-hydroxylation sites is 1. The molecule has 0 saturated heterocycles. The highest BCUT2D eigenvalue weighted by Crippen LogP contribution is 2.20. The third-order valence-corrected chi connectivity index (χ3v) is 4.30. The van der Waals surface area contributed by atoms with Gasteiger partial charge in [-0.05, 0) is 30.7 Å². The topological polar surface area (TPSA) is 79.6 Å². The molecule has 30 heavy (non-hydrogen) atoms. The Morgan fingerprint density at radius 2 is 1.80 bits per heavy atom. The van der Waals surface area contributed by atoms with E-state index in [4.69, 9.17) is 4.42 Å². The average molecular weight is 418 g/mol. The molecule has 1 aromatic heterocycles. The molecule has 0 unspecified atom stereocenters. The van der Waals surface area contributed by atoms with Gasteiger partial charge in [0.25, 0.3) is 5.91 Å². The van der Waals surface area contributed by atoms with Crippen LogP contribution in [-0.4, -0.2) is 29.8 Å². The Morgan fingerprint density at radius 3 is 2.53 bits per heavy atom. The van der Waals surface area contributed by atoms with E-state index in [-0.39, 0.29) is 12.1 Å². The molecular formula is C21H17F3N2O4. The first-order valence-electron chi connectivity index (χ1n) is 9.07. The minimum absolute atomic E-state index is 0.124. The Labute approximate surface area is 168 Å². The van der Waals surface area contributed by atoms with Crippen molar-refractivity contribution in [1.82, 2.24) is 4.90 Å². The fourth-order valence-electron chi connectivity index (χ4n) is 2.89. The van der Waals surface area contributed by atoms with Crippen molar-refractivity contribution in [2.24, 2.45) is 0 Å². The summed E-state index contributed by atoms with van der Waals surface area (Å²) in [4.78, 5) is 38.5. The van der Waals surface area contributed by atoms with Crippen LogP contribution in [0.5, 0.6) is 0 Å². The summed E-state index contributed by atoms with van der Waals surface area (Å²) in [5.74, 6) is -6.24. The molecular weight excluding hydrogens is 401 g/mol. The maximum Gasteiger partial charge on any atom is 0.349 e. The molecule has 1 heterocycles. The Hall–Kier alpha value is -3.62. The molecule has 0 aliphatic heterocycles. The van der Waals surface area contributed by atoms with Gasteiger partial charge in [0, 0.05) is 11.9 Å². The maximum absolute atomic E-state index is 13.8. The summed E-state index contributed by atoms with van der Waals surface area (Å²) in [7, 11) is 0. The van der Waals surface area contributed by atoms with E-state index in [2.05, 4.69) is 5.32 Å². The Balaban J connectivity index is 1.83. The Kier molecular flexibility index (Phi) is 6.20. The molecule has 0 aliphatic carbocycles. The van der Waals surface area contributed by atoms with Crippen LogP contribution in [-0.2, 0) is 4.79 Å². The van der Waals surface area contributed by atoms with Crippen molar-refractivity contribution in [1.29, 1.82) is 0 Å². The molecule has 156 valence electrons. The molecule has 0 radical (unpaired) electrons. The van der Waals surface area contributed by atoms with Crippen LogP contribution in [0.25, 0.3) is 11.0 Å². The molecule has 2 aromatic carbocycles. The molecule has 1 N–H and O–H groups in total. The van der Waals surface area contributed by atoms with Gasteiger partial charge in [-0.1, -0.05) is 25.1 Å². The van der Waals surface area contributed by atoms with Crippen molar-refractivity contribution < 1.29 is 27.2 Å². The molecule has 0 aliphatic rings. The first kappa shape index (κ1) is 21.1. The van der Waals surface area contributed by atoms with Crippen LogP contribution in [0.15, 0.2) is 51.7 Å². The molecule has 0 saturated carbocycles. The molecule has 3 rings (SSSR count). The second kappa shape index (κ2) is 8.81. The SMILES string of the molecule is CCCN(CC(=O)Nc1ccc(F)c(F)c1F)C(=O)c1cc2ccccc2oc1=O. The number of benzene rings is 2. The lowest BCUT2D eigenvalue weighted by molar-refractivity contribution is -0.116. The molecule has 9 heteroatoms.